The average Bonchev–Trinajstić information content (AvgIpc) is 3.06. The topological polar surface area (TPSA) is 107 Å². The van der Waals surface area contributed by atoms with Crippen molar-refractivity contribution in [2.75, 3.05) is 0 Å². The van der Waals surface area contributed by atoms with Crippen LogP contribution in [0.3, 0.4) is 0 Å². The fraction of sp³-hybridized carbons (Fsp3) is 0.634. The molecule has 276 valence electrons. The molecule has 0 bridgehead atoms. The van der Waals surface area contributed by atoms with Crippen molar-refractivity contribution in [3.63, 3.8) is 0 Å². The number of hydrogen-bond donors (Lipinski definition) is 0. The first kappa shape index (κ1) is 39.4. The maximum Gasteiger partial charge on any atom is 0.509 e. The molecule has 0 aromatic heterocycles. The van der Waals surface area contributed by atoms with Crippen LogP contribution in [-0.2, 0) is 29.0 Å². The molecule has 2 aliphatic rings. The van der Waals surface area contributed by atoms with Gasteiger partial charge in [0, 0.05) is 0 Å². The minimum Gasteiger partial charge on any atom is -0.425 e. The molecular formula is C41H58O9. The van der Waals surface area contributed by atoms with Gasteiger partial charge in [0.25, 0.3) is 0 Å². The SMILES string of the molecule is CC(C)c1ccc(C(=O)OOC2CC(C(C)C)CCC2(C)OC(=O)OC2(C)CCC(C(C)C)CC2OOC(=O)c2ccc(C(C)C)cc2)cc1. The van der Waals surface area contributed by atoms with Gasteiger partial charge in [0.1, 0.15) is 23.4 Å². The molecule has 2 fully saturated rings. The normalized spacial score (nSPS) is 27.0. The van der Waals surface area contributed by atoms with Crippen LogP contribution in [-0.4, -0.2) is 41.5 Å². The van der Waals surface area contributed by atoms with Crippen LogP contribution in [0.1, 0.15) is 151 Å². The Labute approximate surface area is 298 Å². The molecule has 2 aromatic carbocycles. The van der Waals surface area contributed by atoms with Crippen LogP contribution < -0.4 is 0 Å². The predicted octanol–water partition coefficient (Wildman–Crippen LogP) is 10.1. The molecule has 9 heteroatoms. The van der Waals surface area contributed by atoms with Crippen LogP contribution in [0.4, 0.5) is 4.79 Å². The second-order valence-electron chi connectivity index (χ2n) is 16.1. The Hall–Kier alpha value is -3.43. The fourth-order valence-electron chi connectivity index (χ4n) is 6.99. The summed E-state index contributed by atoms with van der Waals surface area (Å²) >= 11 is 0. The molecule has 4 rings (SSSR count). The largest absolute Gasteiger partial charge is 0.509 e. The van der Waals surface area contributed by atoms with Gasteiger partial charge in [-0.25, -0.2) is 14.4 Å². The van der Waals surface area contributed by atoms with Crippen molar-refractivity contribution in [1.29, 1.82) is 0 Å². The molecule has 0 saturated heterocycles. The molecule has 0 amide bonds. The third kappa shape index (κ3) is 9.87. The first-order chi connectivity index (χ1) is 23.5. The van der Waals surface area contributed by atoms with Gasteiger partial charge in [0.05, 0.1) is 11.1 Å². The standard InChI is InChI=1S/C41H58O9/c1-25(2)29-11-15-31(16-12-29)37(42)49-47-35-23-33(27(5)6)19-21-40(35,9)45-39(44)46-41(10)22-20-34(28(7)8)24-36(41)48-50-38(43)32-17-13-30(14-18-32)26(3)4/h11-18,25-28,33-36H,19-24H2,1-10H3. The quantitative estimate of drug-likeness (QED) is 0.122. The van der Waals surface area contributed by atoms with Gasteiger partial charge in [-0.3, -0.25) is 9.78 Å². The summed E-state index contributed by atoms with van der Waals surface area (Å²) in [6.07, 6.45) is 1.37. The number of hydrogen-bond acceptors (Lipinski definition) is 9. The van der Waals surface area contributed by atoms with Gasteiger partial charge >= 0.3 is 18.1 Å². The maximum atomic E-state index is 13.6. The number of ether oxygens (including phenoxy) is 2. The number of carbonyl (C=O) groups excluding carboxylic acids is 3. The van der Waals surface area contributed by atoms with Crippen LogP contribution in [0.2, 0.25) is 0 Å². The van der Waals surface area contributed by atoms with E-state index in [0.717, 1.165) is 24.0 Å². The fourth-order valence-corrected chi connectivity index (χ4v) is 6.99. The first-order valence-corrected chi connectivity index (χ1v) is 18.4. The lowest BCUT2D eigenvalue weighted by molar-refractivity contribution is -0.327. The van der Waals surface area contributed by atoms with Gasteiger partial charge in [-0.15, -0.1) is 0 Å². The molecule has 6 unspecified atom stereocenters. The first-order valence-electron chi connectivity index (χ1n) is 18.4. The smallest absolute Gasteiger partial charge is 0.425 e. The Bertz CT molecular complexity index is 1320. The Morgan fingerprint density at radius 3 is 1.22 bits per heavy atom. The average molecular weight is 695 g/mol. The van der Waals surface area contributed by atoms with E-state index in [4.69, 9.17) is 29.0 Å². The molecule has 0 radical (unpaired) electrons. The predicted molar refractivity (Wildman–Crippen MR) is 190 cm³/mol. The second-order valence-corrected chi connectivity index (χ2v) is 16.1. The lowest BCUT2D eigenvalue weighted by atomic mass is 9.73. The second kappa shape index (κ2) is 16.7. The van der Waals surface area contributed by atoms with Crippen LogP contribution >= 0.6 is 0 Å². The molecule has 0 N–H and O–H groups in total. The molecule has 9 nitrogen and oxygen atoms in total. The van der Waals surface area contributed by atoms with Crippen molar-refractivity contribution < 1.29 is 43.4 Å². The molecule has 2 aromatic rings. The van der Waals surface area contributed by atoms with E-state index in [9.17, 15) is 14.4 Å². The van der Waals surface area contributed by atoms with E-state index in [1.165, 1.54) is 0 Å². The summed E-state index contributed by atoms with van der Waals surface area (Å²) in [4.78, 5) is 61.9. The van der Waals surface area contributed by atoms with Crippen LogP contribution in [0, 0.1) is 23.7 Å². The third-order valence-electron chi connectivity index (χ3n) is 11.0. The zero-order valence-electron chi connectivity index (χ0n) is 31.7. The van der Waals surface area contributed by atoms with Gasteiger partial charge in [-0.1, -0.05) is 79.7 Å². The Morgan fingerprint density at radius 2 is 0.920 bits per heavy atom. The van der Waals surface area contributed by atoms with Crippen LogP contribution in [0.15, 0.2) is 48.5 Å². The van der Waals surface area contributed by atoms with E-state index < -0.39 is 41.5 Å². The highest BCUT2D eigenvalue weighted by atomic mass is 17.2. The van der Waals surface area contributed by atoms with Crippen molar-refractivity contribution in [3.8, 4) is 0 Å². The molecule has 2 aliphatic carbocycles. The van der Waals surface area contributed by atoms with E-state index in [1.54, 1.807) is 38.1 Å². The molecule has 50 heavy (non-hydrogen) atoms. The van der Waals surface area contributed by atoms with E-state index in [2.05, 4.69) is 55.4 Å². The highest BCUT2D eigenvalue weighted by Crippen LogP contribution is 2.43. The summed E-state index contributed by atoms with van der Waals surface area (Å²) in [5, 5.41) is 0. The van der Waals surface area contributed by atoms with E-state index >= 15 is 0 Å². The van der Waals surface area contributed by atoms with E-state index in [-0.39, 0.29) is 11.8 Å². The van der Waals surface area contributed by atoms with E-state index in [1.807, 2.05) is 24.3 Å². The highest BCUT2D eigenvalue weighted by molar-refractivity contribution is 5.89. The molecule has 0 aliphatic heterocycles. The lowest BCUT2D eigenvalue weighted by Crippen LogP contribution is -2.53. The minimum atomic E-state index is -1.12. The Kier molecular flexibility index (Phi) is 13.2. The molecule has 0 heterocycles. The number of carbonyl (C=O) groups is 3. The Balaban J connectivity index is 1.44. The zero-order chi connectivity index (χ0) is 36.8. The zero-order valence-corrected chi connectivity index (χ0v) is 31.7. The number of rotatable bonds is 12. The van der Waals surface area contributed by atoms with Gasteiger partial charge in [-0.2, -0.15) is 9.78 Å². The summed E-state index contributed by atoms with van der Waals surface area (Å²) in [5.41, 5.74) is 0.723. The molecular weight excluding hydrogens is 636 g/mol. The van der Waals surface area contributed by atoms with Crippen molar-refractivity contribution in [2.24, 2.45) is 23.7 Å². The number of benzene rings is 2. The van der Waals surface area contributed by atoms with Gasteiger partial charge in [0.2, 0.25) is 0 Å². The van der Waals surface area contributed by atoms with Gasteiger partial charge < -0.3 is 9.47 Å². The summed E-state index contributed by atoms with van der Waals surface area (Å²) in [5.74, 6) is 0.737. The summed E-state index contributed by atoms with van der Waals surface area (Å²) < 4.78 is 12.1. The molecule has 6 atom stereocenters. The van der Waals surface area contributed by atoms with Gasteiger partial charge in [-0.05, 0) is 123 Å². The third-order valence-corrected chi connectivity index (χ3v) is 11.0. The highest BCUT2D eigenvalue weighted by Gasteiger charge is 2.50. The Morgan fingerprint density at radius 1 is 0.580 bits per heavy atom. The van der Waals surface area contributed by atoms with E-state index in [0.29, 0.717) is 60.5 Å². The summed E-state index contributed by atoms with van der Waals surface area (Å²) in [7, 11) is 0. The lowest BCUT2D eigenvalue weighted by Gasteiger charge is -2.45. The molecule has 2 saturated carbocycles. The monoisotopic (exact) mass is 694 g/mol. The van der Waals surface area contributed by atoms with Gasteiger partial charge in [0.15, 0.2) is 0 Å². The maximum absolute atomic E-state index is 13.6. The van der Waals surface area contributed by atoms with Crippen molar-refractivity contribution >= 4 is 18.1 Å². The summed E-state index contributed by atoms with van der Waals surface area (Å²) in [6.45, 7) is 20.5. The minimum absolute atomic E-state index is 0.287. The van der Waals surface area contributed by atoms with Crippen LogP contribution in [0.25, 0.3) is 0 Å². The molecule has 0 spiro atoms. The van der Waals surface area contributed by atoms with Crippen LogP contribution in [0.5, 0.6) is 0 Å². The summed E-state index contributed by atoms with van der Waals surface area (Å²) in [6, 6.07) is 14.5. The van der Waals surface area contributed by atoms with Crippen molar-refractivity contribution in [1.82, 2.24) is 0 Å². The van der Waals surface area contributed by atoms with Crippen molar-refractivity contribution in [3.05, 3.63) is 70.8 Å². The van der Waals surface area contributed by atoms with Crippen molar-refractivity contribution in [2.45, 2.75) is 143 Å².